The normalized spacial score (nSPS) is 16.4. The van der Waals surface area contributed by atoms with E-state index in [4.69, 9.17) is 0 Å². The summed E-state index contributed by atoms with van der Waals surface area (Å²) in [6, 6.07) is 0. The summed E-state index contributed by atoms with van der Waals surface area (Å²) in [5.74, 6) is 2.32. The second-order valence-electron chi connectivity index (χ2n) is 5.88. The minimum atomic E-state index is 0.0380. The Bertz CT molecular complexity index is 461. The fraction of sp³-hybridized carbons (Fsp3) is 0.800. The average molecular weight is 293 g/mol. The maximum absolute atomic E-state index is 12.1. The van der Waals surface area contributed by atoms with E-state index < -0.39 is 0 Å². The lowest BCUT2D eigenvalue weighted by Gasteiger charge is -2.19. The number of anilines is 1. The van der Waals surface area contributed by atoms with Crippen LogP contribution in [0.3, 0.4) is 0 Å². The number of hydrogen-bond donors (Lipinski definition) is 2. The number of carbonyl (C=O) groups is 1. The van der Waals surface area contributed by atoms with Gasteiger partial charge < -0.3 is 5.32 Å². The quantitative estimate of drug-likeness (QED) is 0.842. The maximum atomic E-state index is 12.1. The highest BCUT2D eigenvalue weighted by molar-refractivity contribution is 5.89. The number of nitrogens with zero attached hydrogens (tertiary/aromatic N) is 3. The number of piperidine rings is 1. The molecule has 0 radical (unpaired) electrons. The molecule has 1 aliphatic rings. The minimum Gasteiger partial charge on any atom is -0.317 e. The van der Waals surface area contributed by atoms with Crippen LogP contribution in [-0.4, -0.2) is 33.8 Å². The van der Waals surface area contributed by atoms with Gasteiger partial charge in [-0.05, 0) is 31.8 Å². The largest absolute Gasteiger partial charge is 0.317 e. The van der Waals surface area contributed by atoms with Gasteiger partial charge in [0.2, 0.25) is 11.9 Å². The lowest BCUT2D eigenvalue weighted by molar-refractivity contribution is -0.117. The first-order chi connectivity index (χ1) is 10.1. The standard InChI is InChI=1S/C15H27N5O/c1-4-11(5-2)10-13(21)17-15-18-14(19-20(15)3)12-6-8-16-9-7-12/h11-12,16H,4-10H2,1-3H3,(H,17,18,19,21). The van der Waals surface area contributed by atoms with Crippen LogP contribution in [0.1, 0.15) is 57.7 Å². The number of carbonyl (C=O) groups excluding carboxylic acids is 1. The van der Waals surface area contributed by atoms with E-state index in [-0.39, 0.29) is 5.91 Å². The molecule has 0 spiro atoms. The van der Waals surface area contributed by atoms with E-state index >= 15 is 0 Å². The van der Waals surface area contributed by atoms with Crippen molar-refractivity contribution in [3.63, 3.8) is 0 Å². The Kier molecular flexibility index (Phi) is 5.73. The Morgan fingerprint density at radius 3 is 2.67 bits per heavy atom. The third kappa shape index (κ3) is 4.27. The third-order valence-electron chi connectivity index (χ3n) is 4.36. The van der Waals surface area contributed by atoms with E-state index in [1.54, 1.807) is 4.68 Å². The molecule has 0 aromatic carbocycles. The van der Waals surface area contributed by atoms with Crippen molar-refractivity contribution in [1.29, 1.82) is 0 Å². The van der Waals surface area contributed by atoms with Crippen molar-refractivity contribution in [3.05, 3.63) is 5.82 Å². The van der Waals surface area contributed by atoms with E-state index in [9.17, 15) is 4.79 Å². The highest BCUT2D eigenvalue weighted by atomic mass is 16.1. The predicted molar refractivity (Wildman–Crippen MR) is 83.2 cm³/mol. The molecule has 1 aromatic heterocycles. The van der Waals surface area contributed by atoms with Gasteiger partial charge in [0.05, 0.1) is 0 Å². The van der Waals surface area contributed by atoms with Crippen molar-refractivity contribution in [2.75, 3.05) is 18.4 Å². The average Bonchev–Trinajstić information content (AvgIpc) is 2.87. The molecule has 21 heavy (non-hydrogen) atoms. The maximum Gasteiger partial charge on any atom is 0.227 e. The molecule has 118 valence electrons. The Labute approximate surface area is 126 Å². The number of aromatic nitrogens is 3. The molecule has 1 aliphatic heterocycles. The van der Waals surface area contributed by atoms with E-state index in [2.05, 4.69) is 34.6 Å². The van der Waals surface area contributed by atoms with Crippen LogP contribution >= 0.6 is 0 Å². The summed E-state index contributed by atoms with van der Waals surface area (Å²) in [5.41, 5.74) is 0. The zero-order valence-corrected chi connectivity index (χ0v) is 13.4. The molecule has 6 heteroatoms. The molecule has 6 nitrogen and oxygen atoms in total. The summed E-state index contributed by atoms with van der Waals surface area (Å²) in [5, 5.41) is 10.7. The van der Waals surface area contributed by atoms with Crippen LogP contribution in [-0.2, 0) is 11.8 Å². The monoisotopic (exact) mass is 293 g/mol. The summed E-state index contributed by atoms with van der Waals surface area (Å²) < 4.78 is 1.68. The molecule has 1 aromatic rings. The van der Waals surface area contributed by atoms with Crippen molar-refractivity contribution in [2.24, 2.45) is 13.0 Å². The molecule has 1 saturated heterocycles. The molecule has 0 atom stereocenters. The topological polar surface area (TPSA) is 71.8 Å². The Hall–Kier alpha value is -1.43. The Morgan fingerprint density at radius 1 is 1.38 bits per heavy atom. The molecule has 2 heterocycles. The zero-order valence-electron chi connectivity index (χ0n) is 13.4. The predicted octanol–water partition coefficient (Wildman–Crippen LogP) is 2.05. The number of hydrogen-bond acceptors (Lipinski definition) is 4. The Balaban J connectivity index is 1.97. The van der Waals surface area contributed by atoms with E-state index in [0.29, 0.717) is 24.2 Å². The van der Waals surface area contributed by atoms with Crippen molar-refractivity contribution in [1.82, 2.24) is 20.1 Å². The first-order valence-corrected chi connectivity index (χ1v) is 8.05. The molecule has 0 unspecified atom stereocenters. The van der Waals surface area contributed by atoms with Gasteiger partial charge in [0, 0.05) is 19.4 Å². The molecule has 0 aliphatic carbocycles. The fourth-order valence-corrected chi connectivity index (χ4v) is 2.78. The zero-order chi connectivity index (χ0) is 15.2. The molecule has 1 fully saturated rings. The number of nitrogens with one attached hydrogen (secondary N) is 2. The second kappa shape index (κ2) is 7.54. The van der Waals surface area contributed by atoms with Gasteiger partial charge in [0.25, 0.3) is 0 Å². The number of rotatable bonds is 6. The van der Waals surface area contributed by atoms with Gasteiger partial charge in [-0.1, -0.05) is 26.7 Å². The van der Waals surface area contributed by atoms with Gasteiger partial charge in [-0.2, -0.15) is 10.1 Å². The molecule has 2 N–H and O–H groups in total. The highest BCUT2D eigenvalue weighted by Crippen LogP contribution is 2.23. The molecule has 1 amide bonds. The number of aryl methyl sites for hydroxylation is 1. The van der Waals surface area contributed by atoms with Crippen LogP contribution in [0, 0.1) is 5.92 Å². The summed E-state index contributed by atoms with van der Waals surface area (Å²) in [4.78, 5) is 16.6. The fourth-order valence-electron chi connectivity index (χ4n) is 2.78. The van der Waals surface area contributed by atoms with Gasteiger partial charge in [0.1, 0.15) is 0 Å². The van der Waals surface area contributed by atoms with E-state index in [0.717, 1.165) is 44.6 Å². The van der Waals surface area contributed by atoms with Gasteiger partial charge in [-0.3, -0.25) is 10.1 Å². The van der Waals surface area contributed by atoms with Crippen LogP contribution in [0.25, 0.3) is 0 Å². The van der Waals surface area contributed by atoms with Crippen LogP contribution in [0.2, 0.25) is 0 Å². The van der Waals surface area contributed by atoms with E-state index in [1.807, 2.05) is 7.05 Å². The Morgan fingerprint density at radius 2 is 2.05 bits per heavy atom. The van der Waals surface area contributed by atoms with Crippen LogP contribution in [0.15, 0.2) is 0 Å². The van der Waals surface area contributed by atoms with Crippen LogP contribution in [0.5, 0.6) is 0 Å². The minimum absolute atomic E-state index is 0.0380. The molecular weight excluding hydrogens is 266 g/mol. The third-order valence-corrected chi connectivity index (χ3v) is 4.36. The smallest absolute Gasteiger partial charge is 0.227 e. The van der Waals surface area contributed by atoms with Crippen molar-refractivity contribution < 1.29 is 4.79 Å². The number of amides is 1. The van der Waals surface area contributed by atoms with Crippen molar-refractivity contribution in [3.8, 4) is 0 Å². The summed E-state index contributed by atoms with van der Waals surface area (Å²) in [6.07, 6.45) is 4.74. The summed E-state index contributed by atoms with van der Waals surface area (Å²) in [7, 11) is 1.84. The summed E-state index contributed by atoms with van der Waals surface area (Å²) in [6.45, 7) is 6.27. The molecule has 0 saturated carbocycles. The second-order valence-corrected chi connectivity index (χ2v) is 5.88. The van der Waals surface area contributed by atoms with Gasteiger partial charge in [-0.15, -0.1) is 0 Å². The molecule has 0 bridgehead atoms. The van der Waals surface area contributed by atoms with Gasteiger partial charge >= 0.3 is 0 Å². The van der Waals surface area contributed by atoms with Crippen LogP contribution in [0.4, 0.5) is 5.95 Å². The lowest BCUT2D eigenvalue weighted by Crippen LogP contribution is -2.27. The van der Waals surface area contributed by atoms with Gasteiger partial charge in [-0.25, -0.2) is 4.68 Å². The van der Waals surface area contributed by atoms with Crippen molar-refractivity contribution in [2.45, 2.75) is 51.9 Å². The lowest BCUT2D eigenvalue weighted by atomic mass is 9.98. The SMILES string of the molecule is CCC(CC)CC(=O)Nc1nc(C2CCNCC2)nn1C. The first kappa shape index (κ1) is 15.9. The van der Waals surface area contributed by atoms with Gasteiger partial charge in [0.15, 0.2) is 5.82 Å². The van der Waals surface area contributed by atoms with E-state index in [1.165, 1.54) is 0 Å². The first-order valence-electron chi connectivity index (χ1n) is 8.05. The highest BCUT2D eigenvalue weighted by Gasteiger charge is 2.21. The molecule has 2 rings (SSSR count). The summed E-state index contributed by atoms with van der Waals surface area (Å²) >= 11 is 0. The van der Waals surface area contributed by atoms with Crippen LogP contribution < -0.4 is 10.6 Å². The van der Waals surface area contributed by atoms with Crippen molar-refractivity contribution >= 4 is 11.9 Å². The molecular formula is C15H27N5O.